The molecule has 2 heterocycles. The summed E-state index contributed by atoms with van der Waals surface area (Å²) >= 11 is 5.92. The first-order valence-electron chi connectivity index (χ1n) is 8.60. The summed E-state index contributed by atoms with van der Waals surface area (Å²) < 4.78 is 5.01. The van der Waals surface area contributed by atoms with Crippen LogP contribution in [0.4, 0.5) is 4.79 Å². The molecule has 26 heavy (non-hydrogen) atoms. The van der Waals surface area contributed by atoms with E-state index in [-0.39, 0.29) is 18.0 Å². The van der Waals surface area contributed by atoms with E-state index in [0.717, 1.165) is 5.56 Å². The van der Waals surface area contributed by atoms with Crippen molar-refractivity contribution in [3.8, 4) is 11.3 Å². The van der Waals surface area contributed by atoms with Crippen LogP contribution in [-0.2, 0) is 4.74 Å². The van der Waals surface area contributed by atoms with Gasteiger partial charge in [0.2, 0.25) is 0 Å². The lowest BCUT2D eigenvalue weighted by Gasteiger charge is -2.31. The standard InChI is InChI=1S/C18H21ClN4O3/c1-2-26-18(25)23-9-7-14(8-10-23)21-17(24)15-11-20-22-16(15)12-3-5-13(19)6-4-12/h3-6,11,14H,2,7-10H2,1H3,(H,20,22)(H,21,24). The van der Waals surface area contributed by atoms with Gasteiger partial charge in [-0.05, 0) is 31.9 Å². The molecule has 0 unspecified atom stereocenters. The molecule has 1 fully saturated rings. The van der Waals surface area contributed by atoms with Gasteiger partial charge in [-0.1, -0.05) is 23.7 Å². The Morgan fingerprint density at radius 3 is 2.65 bits per heavy atom. The molecule has 0 bridgehead atoms. The smallest absolute Gasteiger partial charge is 0.409 e. The van der Waals surface area contributed by atoms with Crippen LogP contribution < -0.4 is 5.32 Å². The first kappa shape index (κ1) is 18.3. The van der Waals surface area contributed by atoms with E-state index >= 15 is 0 Å². The topological polar surface area (TPSA) is 87.3 Å². The third kappa shape index (κ3) is 4.16. The lowest BCUT2D eigenvalue weighted by atomic mass is 10.0. The summed E-state index contributed by atoms with van der Waals surface area (Å²) in [6, 6.07) is 7.23. The fourth-order valence-corrected chi connectivity index (χ4v) is 3.11. The van der Waals surface area contributed by atoms with Gasteiger partial charge in [0, 0.05) is 29.7 Å². The van der Waals surface area contributed by atoms with E-state index in [1.807, 2.05) is 12.1 Å². The van der Waals surface area contributed by atoms with Gasteiger partial charge in [-0.25, -0.2) is 4.79 Å². The molecule has 0 aliphatic carbocycles. The number of amides is 2. The molecule has 2 N–H and O–H groups in total. The largest absolute Gasteiger partial charge is 0.450 e. The fourth-order valence-electron chi connectivity index (χ4n) is 2.98. The first-order chi connectivity index (χ1) is 12.6. The van der Waals surface area contributed by atoms with E-state index in [2.05, 4.69) is 15.5 Å². The molecule has 1 aromatic heterocycles. The summed E-state index contributed by atoms with van der Waals surface area (Å²) in [6.45, 7) is 3.29. The van der Waals surface area contributed by atoms with Crippen molar-refractivity contribution < 1.29 is 14.3 Å². The highest BCUT2D eigenvalue weighted by Crippen LogP contribution is 2.23. The van der Waals surface area contributed by atoms with E-state index in [4.69, 9.17) is 16.3 Å². The first-order valence-corrected chi connectivity index (χ1v) is 8.98. The summed E-state index contributed by atoms with van der Waals surface area (Å²) in [5, 5.41) is 10.5. The summed E-state index contributed by atoms with van der Waals surface area (Å²) in [5.74, 6) is -0.182. The molecule has 1 aliphatic heterocycles. The number of H-pyrrole nitrogens is 1. The van der Waals surface area contributed by atoms with Crippen LogP contribution in [0.15, 0.2) is 30.5 Å². The number of carbonyl (C=O) groups is 2. The quantitative estimate of drug-likeness (QED) is 0.858. The monoisotopic (exact) mass is 376 g/mol. The Bertz CT molecular complexity index is 767. The predicted molar refractivity (Wildman–Crippen MR) is 98.1 cm³/mol. The molecular weight excluding hydrogens is 356 g/mol. The minimum Gasteiger partial charge on any atom is -0.450 e. The minimum atomic E-state index is -0.294. The summed E-state index contributed by atoms with van der Waals surface area (Å²) in [4.78, 5) is 26.1. The van der Waals surface area contributed by atoms with Crippen LogP contribution in [0.25, 0.3) is 11.3 Å². The van der Waals surface area contributed by atoms with Crippen molar-refractivity contribution in [2.24, 2.45) is 0 Å². The second-order valence-electron chi connectivity index (χ2n) is 6.10. The van der Waals surface area contributed by atoms with E-state index < -0.39 is 0 Å². The van der Waals surface area contributed by atoms with Gasteiger partial charge in [-0.2, -0.15) is 5.10 Å². The van der Waals surface area contributed by atoms with Gasteiger partial charge in [0.1, 0.15) is 0 Å². The van der Waals surface area contributed by atoms with Crippen molar-refractivity contribution in [2.75, 3.05) is 19.7 Å². The van der Waals surface area contributed by atoms with Crippen LogP contribution in [-0.4, -0.2) is 52.8 Å². The molecule has 0 atom stereocenters. The number of aromatic nitrogens is 2. The van der Waals surface area contributed by atoms with E-state index in [9.17, 15) is 9.59 Å². The lowest BCUT2D eigenvalue weighted by Crippen LogP contribution is -2.46. The Kier molecular flexibility index (Phi) is 5.78. The van der Waals surface area contributed by atoms with Crippen molar-refractivity contribution in [3.05, 3.63) is 41.0 Å². The van der Waals surface area contributed by atoms with Crippen molar-refractivity contribution in [1.82, 2.24) is 20.4 Å². The normalized spacial score (nSPS) is 14.9. The highest BCUT2D eigenvalue weighted by molar-refractivity contribution is 6.30. The Labute approximate surface area is 156 Å². The zero-order valence-electron chi connectivity index (χ0n) is 14.5. The van der Waals surface area contributed by atoms with Crippen molar-refractivity contribution in [1.29, 1.82) is 0 Å². The molecule has 3 rings (SSSR count). The van der Waals surface area contributed by atoms with Gasteiger partial charge in [-0.15, -0.1) is 0 Å². The fraction of sp³-hybridized carbons (Fsp3) is 0.389. The van der Waals surface area contributed by atoms with E-state index in [1.165, 1.54) is 6.20 Å². The number of hydrogen-bond acceptors (Lipinski definition) is 4. The molecular formula is C18H21ClN4O3. The second-order valence-corrected chi connectivity index (χ2v) is 6.54. The number of benzene rings is 1. The molecule has 0 saturated carbocycles. The number of rotatable bonds is 4. The van der Waals surface area contributed by atoms with Crippen molar-refractivity contribution in [3.63, 3.8) is 0 Å². The van der Waals surface area contributed by atoms with Gasteiger partial charge in [0.05, 0.1) is 24.1 Å². The Morgan fingerprint density at radius 1 is 1.31 bits per heavy atom. The third-order valence-corrected chi connectivity index (χ3v) is 4.63. The molecule has 7 nitrogen and oxygen atoms in total. The number of nitrogens with zero attached hydrogens (tertiary/aromatic N) is 2. The van der Waals surface area contributed by atoms with Crippen LogP contribution in [0, 0.1) is 0 Å². The molecule has 1 aliphatic rings. The van der Waals surface area contributed by atoms with E-state index in [1.54, 1.807) is 24.0 Å². The van der Waals surface area contributed by atoms with E-state index in [0.29, 0.717) is 48.8 Å². The Balaban J connectivity index is 1.61. The zero-order chi connectivity index (χ0) is 18.5. The Morgan fingerprint density at radius 2 is 2.00 bits per heavy atom. The van der Waals surface area contributed by atoms with Gasteiger partial charge >= 0.3 is 6.09 Å². The number of carbonyl (C=O) groups excluding carboxylic acids is 2. The van der Waals surface area contributed by atoms with Gasteiger partial charge in [-0.3, -0.25) is 9.89 Å². The lowest BCUT2D eigenvalue weighted by molar-refractivity contribution is 0.0860. The molecule has 2 amide bonds. The number of ether oxygens (including phenoxy) is 1. The number of halogens is 1. The molecule has 2 aromatic rings. The number of aromatic amines is 1. The van der Waals surface area contributed by atoms with Gasteiger partial charge < -0.3 is 15.0 Å². The maximum atomic E-state index is 12.7. The SMILES string of the molecule is CCOC(=O)N1CCC(NC(=O)c2cn[nH]c2-c2ccc(Cl)cc2)CC1. The van der Waals surface area contributed by atoms with Crippen LogP contribution >= 0.6 is 11.6 Å². The van der Waals surface area contributed by atoms with Crippen LogP contribution in [0.2, 0.25) is 5.02 Å². The van der Waals surface area contributed by atoms with Crippen LogP contribution in [0.5, 0.6) is 0 Å². The van der Waals surface area contributed by atoms with Crippen molar-refractivity contribution >= 4 is 23.6 Å². The number of piperidine rings is 1. The minimum absolute atomic E-state index is 0.0149. The van der Waals surface area contributed by atoms with Crippen LogP contribution in [0.1, 0.15) is 30.1 Å². The molecule has 138 valence electrons. The van der Waals surface area contributed by atoms with Crippen LogP contribution in [0.3, 0.4) is 0 Å². The maximum Gasteiger partial charge on any atom is 0.409 e. The number of hydrogen-bond donors (Lipinski definition) is 2. The van der Waals surface area contributed by atoms with Crippen molar-refractivity contribution in [2.45, 2.75) is 25.8 Å². The molecule has 0 spiro atoms. The third-order valence-electron chi connectivity index (χ3n) is 4.37. The molecule has 1 saturated heterocycles. The predicted octanol–water partition coefficient (Wildman–Crippen LogP) is 3.08. The maximum absolute atomic E-state index is 12.7. The summed E-state index contributed by atoms with van der Waals surface area (Å²) in [7, 11) is 0. The summed E-state index contributed by atoms with van der Waals surface area (Å²) in [6.07, 6.45) is 2.61. The average molecular weight is 377 g/mol. The number of likely N-dealkylation sites (tertiary alicyclic amines) is 1. The summed E-state index contributed by atoms with van der Waals surface area (Å²) in [5.41, 5.74) is 1.98. The highest BCUT2D eigenvalue weighted by Gasteiger charge is 2.26. The van der Waals surface area contributed by atoms with Gasteiger partial charge in [0.25, 0.3) is 5.91 Å². The molecule has 8 heteroatoms. The average Bonchev–Trinajstić information content (AvgIpc) is 3.13. The number of nitrogens with one attached hydrogen (secondary N) is 2. The Hall–Kier alpha value is -2.54. The zero-order valence-corrected chi connectivity index (χ0v) is 15.3. The highest BCUT2D eigenvalue weighted by atomic mass is 35.5. The second kappa shape index (κ2) is 8.23. The molecule has 1 aromatic carbocycles. The molecule has 0 radical (unpaired) electrons. The van der Waals surface area contributed by atoms with Gasteiger partial charge in [0.15, 0.2) is 0 Å².